The fourth-order valence-electron chi connectivity index (χ4n) is 2.86. The van der Waals surface area contributed by atoms with Gasteiger partial charge in [0.1, 0.15) is 0 Å². The molecule has 0 radical (unpaired) electrons. The average molecular weight is 418 g/mol. The van der Waals surface area contributed by atoms with Crippen molar-refractivity contribution in [1.82, 2.24) is 30.0 Å². The molecule has 0 aliphatic heterocycles. The van der Waals surface area contributed by atoms with Crippen LogP contribution in [0.2, 0.25) is 0 Å². The number of halogens is 3. The van der Waals surface area contributed by atoms with Gasteiger partial charge in [0.15, 0.2) is 22.7 Å². The minimum Gasteiger partial charge on any atom is -0.406 e. The van der Waals surface area contributed by atoms with E-state index in [2.05, 4.69) is 25.4 Å². The molecule has 0 saturated heterocycles. The first kappa shape index (κ1) is 19.7. The van der Waals surface area contributed by atoms with E-state index in [1.165, 1.54) is 29.3 Å². The maximum atomic E-state index is 12.9. The number of alkyl halides is 3. The van der Waals surface area contributed by atoms with Gasteiger partial charge in [-0.25, -0.2) is 19.4 Å². The number of nitrogens with one attached hydrogen (secondary N) is 2. The Morgan fingerprint density at radius 3 is 2.67 bits per heavy atom. The normalized spacial score (nSPS) is 12.5. The number of hydrogen-bond acceptors (Lipinski definition) is 5. The van der Waals surface area contributed by atoms with Crippen LogP contribution in [0, 0.1) is 0 Å². The second-order valence-corrected chi connectivity index (χ2v) is 7.67. The van der Waals surface area contributed by atoms with E-state index in [0.717, 1.165) is 12.1 Å². The smallest absolute Gasteiger partial charge is 0.406 e. The summed E-state index contributed by atoms with van der Waals surface area (Å²) in [5.74, 6) is 0.426. The zero-order chi connectivity index (χ0) is 21.7. The molecule has 1 aromatic carbocycles. The molecule has 30 heavy (non-hydrogen) atoms. The molecule has 0 bridgehead atoms. The van der Waals surface area contributed by atoms with Crippen molar-refractivity contribution in [3.05, 3.63) is 42.4 Å². The largest absolute Gasteiger partial charge is 0.416 e. The highest BCUT2D eigenvalue weighted by Crippen LogP contribution is 2.32. The summed E-state index contributed by atoms with van der Waals surface area (Å²) in [5.41, 5.74) is -0.147. The van der Waals surface area contributed by atoms with Crippen molar-refractivity contribution in [2.24, 2.45) is 0 Å². The number of amides is 1. The highest BCUT2D eigenvalue weighted by molar-refractivity contribution is 5.84. The monoisotopic (exact) mass is 418 g/mol. The number of rotatable bonds is 2. The van der Waals surface area contributed by atoms with E-state index in [4.69, 9.17) is 4.74 Å². The number of benzene rings is 1. The standard InChI is InChI=1S/C19H17F3N6O2/c1-18(2,3)27-17(29)30-13-8-23-16-15(13)26-14(9-24-16)28-12-5-4-11(19(20,21)22)6-10(12)7-25-28/h4-9H,1-3H3,(H,23,24)(H,27,29). The Bertz CT molecular complexity index is 1250. The number of carbonyl (C=O) groups is 1. The van der Waals surface area contributed by atoms with Crippen LogP contribution in [0.3, 0.4) is 0 Å². The molecule has 2 N–H and O–H groups in total. The first-order chi connectivity index (χ1) is 14.0. The van der Waals surface area contributed by atoms with Crippen molar-refractivity contribution >= 4 is 28.2 Å². The SMILES string of the molecule is CC(C)(C)NC(=O)Oc1c[nH]c2ncc(-n3ncc4cc(C(F)(F)F)ccc43)nc12. The molecular weight excluding hydrogens is 401 g/mol. The van der Waals surface area contributed by atoms with E-state index in [-0.39, 0.29) is 17.1 Å². The summed E-state index contributed by atoms with van der Waals surface area (Å²) in [5, 5.41) is 7.12. The Balaban J connectivity index is 1.71. The number of nitrogens with zero attached hydrogens (tertiary/aromatic N) is 4. The maximum Gasteiger partial charge on any atom is 0.416 e. The van der Waals surface area contributed by atoms with E-state index in [9.17, 15) is 18.0 Å². The second-order valence-electron chi connectivity index (χ2n) is 7.67. The van der Waals surface area contributed by atoms with Crippen LogP contribution in [0.1, 0.15) is 26.3 Å². The Hall–Kier alpha value is -3.63. The highest BCUT2D eigenvalue weighted by atomic mass is 19.4. The van der Waals surface area contributed by atoms with Crippen molar-refractivity contribution in [3.8, 4) is 11.6 Å². The van der Waals surface area contributed by atoms with Crippen LogP contribution in [0.15, 0.2) is 36.8 Å². The van der Waals surface area contributed by atoms with Crippen LogP contribution >= 0.6 is 0 Å². The molecule has 0 aliphatic rings. The first-order valence-corrected chi connectivity index (χ1v) is 8.91. The molecule has 3 aromatic heterocycles. The molecule has 11 heteroatoms. The lowest BCUT2D eigenvalue weighted by atomic mass is 10.1. The molecule has 4 rings (SSSR count). The van der Waals surface area contributed by atoms with Crippen molar-refractivity contribution in [3.63, 3.8) is 0 Å². The molecule has 1 amide bonds. The van der Waals surface area contributed by atoms with Gasteiger partial charge < -0.3 is 15.0 Å². The lowest BCUT2D eigenvalue weighted by molar-refractivity contribution is -0.137. The molecule has 0 atom stereocenters. The van der Waals surface area contributed by atoms with Crippen LogP contribution in [-0.2, 0) is 6.18 Å². The number of aromatic amines is 1. The van der Waals surface area contributed by atoms with E-state index in [1.807, 2.05) is 20.8 Å². The fraction of sp³-hybridized carbons (Fsp3) is 0.263. The molecule has 0 fully saturated rings. The van der Waals surface area contributed by atoms with Gasteiger partial charge in [0.05, 0.1) is 23.5 Å². The topological polar surface area (TPSA) is 97.7 Å². The lowest BCUT2D eigenvalue weighted by Gasteiger charge is -2.19. The molecule has 0 saturated carbocycles. The van der Waals surface area contributed by atoms with E-state index >= 15 is 0 Å². The third-order valence-corrected chi connectivity index (χ3v) is 4.13. The number of hydrogen-bond donors (Lipinski definition) is 2. The molecule has 8 nitrogen and oxygen atoms in total. The molecular formula is C19H17F3N6O2. The summed E-state index contributed by atoms with van der Waals surface area (Å²) in [6.07, 6.45) is -0.906. The first-order valence-electron chi connectivity index (χ1n) is 8.91. The van der Waals surface area contributed by atoms with Crippen molar-refractivity contribution in [2.75, 3.05) is 0 Å². The summed E-state index contributed by atoms with van der Waals surface area (Å²) in [6, 6.07) is 3.32. The van der Waals surface area contributed by atoms with Crippen LogP contribution < -0.4 is 10.1 Å². The summed E-state index contributed by atoms with van der Waals surface area (Å²) in [4.78, 5) is 23.6. The molecule has 156 valence electrons. The molecule has 3 heterocycles. The van der Waals surface area contributed by atoms with Gasteiger partial charge >= 0.3 is 12.3 Å². The predicted octanol–water partition coefficient (Wildman–Crippen LogP) is 4.20. The van der Waals surface area contributed by atoms with E-state index in [1.54, 1.807) is 0 Å². The highest BCUT2D eigenvalue weighted by Gasteiger charge is 2.30. The molecule has 0 aliphatic carbocycles. The summed E-state index contributed by atoms with van der Waals surface area (Å²) in [7, 11) is 0. The quantitative estimate of drug-likeness (QED) is 0.508. The molecule has 0 spiro atoms. The Labute approximate surface area is 168 Å². The van der Waals surface area contributed by atoms with Crippen molar-refractivity contribution in [2.45, 2.75) is 32.5 Å². The molecule has 0 unspecified atom stereocenters. The minimum atomic E-state index is -4.44. The fourth-order valence-corrected chi connectivity index (χ4v) is 2.86. The lowest BCUT2D eigenvalue weighted by Crippen LogP contribution is -2.42. The zero-order valence-corrected chi connectivity index (χ0v) is 16.2. The number of carbonyl (C=O) groups excluding carboxylic acids is 1. The van der Waals surface area contributed by atoms with Gasteiger partial charge in [-0.15, -0.1) is 0 Å². The minimum absolute atomic E-state index is 0.164. The van der Waals surface area contributed by atoms with Crippen LogP contribution in [0.25, 0.3) is 27.9 Å². The van der Waals surface area contributed by atoms with Gasteiger partial charge in [-0.3, -0.25) is 0 Å². The van der Waals surface area contributed by atoms with Crippen LogP contribution in [0.5, 0.6) is 5.75 Å². The number of ether oxygens (including phenoxy) is 1. The van der Waals surface area contributed by atoms with Gasteiger partial charge in [-0.05, 0) is 39.0 Å². The summed E-state index contributed by atoms with van der Waals surface area (Å²) >= 11 is 0. The third kappa shape index (κ3) is 3.78. The summed E-state index contributed by atoms with van der Waals surface area (Å²) < 4.78 is 45.5. The third-order valence-electron chi connectivity index (χ3n) is 4.13. The van der Waals surface area contributed by atoms with Gasteiger partial charge in [-0.1, -0.05) is 0 Å². The Kier molecular flexibility index (Phi) is 4.40. The maximum absolute atomic E-state index is 12.9. The number of H-pyrrole nitrogens is 1. The van der Waals surface area contributed by atoms with Gasteiger partial charge in [0, 0.05) is 17.1 Å². The molecule has 4 aromatic rings. The zero-order valence-electron chi connectivity index (χ0n) is 16.2. The van der Waals surface area contributed by atoms with Crippen molar-refractivity contribution in [1.29, 1.82) is 0 Å². The summed E-state index contributed by atoms with van der Waals surface area (Å²) in [6.45, 7) is 5.44. The van der Waals surface area contributed by atoms with Crippen LogP contribution in [-0.4, -0.2) is 36.4 Å². The number of aromatic nitrogens is 5. The Morgan fingerprint density at radius 2 is 1.97 bits per heavy atom. The predicted molar refractivity (Wildman–Crippen MR) is 102 cm³/mol. The van der Waals surface area contributed by atoms with Gasteiger partial charge in [-0.2, -0.15) is 18.3 Å². The van der Waals surface area contributed by atoms with Crippen LogP contribution in [0.4, 0.5) is 18.0 Å². The average Bonchev–Trinajstić information content (AvgIpc) is 3.22. The van der Waals surface area contributed by atoms with E-state index in [0.29, 0.717) is 16.6 Å². The Morgan fingerprint density at radius 1 is 1.20 bits per heavy atom. The second kappa shape index (κ2) is 6.71. The van der Waals surface area contributed by atoms with E-state index < -0.39 is 23.4 Å². The van der Waals surface area contributed by atoms with Crippen molar-refractivity contribution < 1.29 is 22.7 Å². The number of fused-ring (bicyclic) bond motifs is 2. The van der Waals surface area contributed by atoms with Gasteiger partial charge in [0.25, 0.3) is 0 Å². The van der Waals surface area contributed by atoms with Gasteiger partial charge in [0.2, 0.25) is 0 Å².